The summed E-state index contributed by atoms with van der Waals surface area (Å²) in [5, 5.41) is 3.53. The van der Waals surface area contributed by atoms with Gasteiger partial charge in [-0.3, -0.25) is 9.59 Å². The lowest BCUT2D eigenvalue weighted by Gasteiger charge is -2.31. The zero-order chi connectivity index (χ0) is 25.0. The fraction of sp³-hybridized carbons (Fsp3) is 0.286. The van der Waals surface area contributed by atoms with Gasteiger partial charge in [0.25, 0.3) is 0 Å². The standard InChI is InChI=1S/C28H30ClFN2O3/c1-35-17-5-16-31-28(34)26(18-21-6-3-2-4-7-21)32(20-23-10-14-25(30)15-11-23)27(33)19-22-8-12-24(29)13-9-22/h2-4,6-15,26H,5,16-20H2,1H3,(H,31,34). The normalized spacial score (nSPS) is 11.6. The van der Waals surface area contributed by atoms with Crippen LogP contribution in [0.15, 0.2) is 78.9 Å². The Morgan fingerprint density at radius 3 is 2.26 bits per heavy atom. The van der Waals surface area contributed by atoms with E-state index in [9.17, 15) is 14.0 Å². The van der Waals surface area contributed by atoms with Gasteiger partial charge in [0.05, 0.1) is 6.42 Å². The van der Waals surface area contributed by atoms with Crippen molar-refractivity contribution in [3.05, 3.63) is 106 Å². The van der Waals surface area contributed by atoms with Crippen LogP contribution in [0.1, 0.15) is 23.1 Å². The maximum absolute atomic E-state index is 13.6. The zero-order valence-corrected chi connectivity index (χ0v) is 20.5. The Morgan fingerprint density at radius 1 is 0.943 bits per heavy atom. The molecule has 1 unspecified atom stereocenters. The minimum absolute atomic E-state index is 0.112. The monoisotopic (exact) mass is 496 g/mol. The third-order valence-corrected chi connectivity index (χ3v) is 5.88. The number of ether oxygens (including phenoxy) is 1. The van der Waals surface area contributed by atoms with Gasteiger partial charge in [-0.2, -0.15) is 0 Å². The van der Waals surface area contributed by atoms with Crippen molar-refractivity contribution >= 4 is 23.4 Å². The van der Waals surface area contributed by atoms with Crippen molar-refractivity contribution in [1.29, 1.82) is 0 Å². The summed E-state index contributed by atoms with van der Waals surface area (Å²) in [7, 11) is 1.61. The first-order valence-corrected chi connectivity index (χ1v) is 11.9. The first kappa shape index (κ1) is 26.4. The Labute approximate surface area is 210 Å². The lowest BCUT2D eigenvalue weighted by molar-refractivity contribution is -0.140. The van der Waals surface area contributed by atoms with E-state index in [4.69, 9.17) is 16.3 Å². The van der Waals surface area contributed by atoms with E-state index in [1.54, 1.807) is 48.4 Å². The number of carbonyl (C=O) groups is 2. The van der Waals surface area contributed by atoms with Gasteiger partial charge in [-0.25, -0.2) is 4.39 Å². The van der Waals surface area contributed by atoms with Crippen molar-refractivity contribution in [2.45, 2.75) is 31.8 Å². The number of carbonyl (C=O) groups excluding carboxylic acids is 2. The third kappa shape index (κ3) is 8.50. The molecule has 0 heterocycles. The average Bonchev–Trinajstić information content (AvgIpc) is 2.87. The van der Waals surface area contributed by atoms with Crippen LogP contribution in [0.3, 0.4) is 0 Å². The summed E-state index contributed by atoms with van der Waals surface area (Å²) < 4.78 is 18.6. The summed E-state index contributed by atoms with van der Waals surface area (Å²) in [6.45, 7) is 1.14. The number of methoxy groups -OCH3 is 1. The van der Waals surface area contributed by atoms with Gasteiger partial charge in [0.1, 0.15) is 11.9 Å². The second kappa shape index (κ2) is 13.6. The second-order valence-electron chi connectivity index (χ2n) is 8.29. The molecule has 0 saturated carbocycles. The molecule has 0 radical (unpaired) electrons. The fourth-order valence-electron chi connectivity index (χ4n) is 3.76. The SMILES string of the molecule is COCCCNC(=O)C(Cc1ccccc1)N(Cc1ccc(F)cc1)C(=O)Cc1ccc(Cl)cc1. The molecule has 1 N–H and O–H groups in total. The van der Waals surface area contributed by atoms with Crippen LogP contribution in [0, 0.1) is 5.82 Å². The molecule has 0 saturated heterocycles. The molecule has 7 heteroatoms. The van der Waals surface area contributed by atoms with Crippen molar-refractivity contribution in [2.75, 3.05) is 20.3 Å². The molecule has 3 rings (SSSR count). The summed E-state index contributed by atoms with van der Waals surface area (Å²) in [4.78, 5) is 28.6. The molecule has 0 aromatic heterocycles. The van der Waals surface area contributed by atoms with Gasteiger partial charge < -0.3 is 15.0 Å². The number of nitrogens with zero attached hydrogens (tertiary/aromatic N) is 1. The second-order valence-corrected chi connectivity index (χ2v) is 8.73. The predicted molar refractivity (Wildman–Crippen MR) is 136 cm³/mol. The van der Waals surface area contributed by atoms with Crippen LogP contribution in [0.4, 0.5) is 4.39 Å². The molecule has 35 heavy (non-hydrogen) atoms. The van der Waals surface area contributed by atoms with Gasteiger partial charge in [-0.05, 0) is 47.4 Å². The zero-order valence-electron chi connectivity index (χ0n) is 19.8. The molecule has 0 spiro atoms. The Hall–Kier alpha value is -3.22. The van der Waals surface area contributed by atoms with Gasteiger partial charge in [0.2, 0.25) is 11.8 Å². The fourth-order valence-corrected chi connectivity index (χ4v) is 3.89. The van der Waals surface area contributed by atoms with Crippen LogP contribution in [-0.4, -0.2) is 43.0 Å². The summed E-state index contributed by atoms with van der Waals surface area (Å²) in [6.07, 6.45) is 1.13. The highest BCUT2D eigenvalue weighted by Crippen LogP contribution is 2.18. The Morgan fingerprint density at radius 2 is 1.60 bits per heavy atom. The van der Waals surface area contributed by atoms with Crippen LogP contribution < -0.4 is 5.32 Å². The number of nitrogens with one attached hydrogen (secondary N) is 1. The Bertz CT molecular complexity index is 1080. The van der Waals surface area contributed by atoms with Crippen LogP contribution in [0.5, 0.6) is 0 Å². The molecule has 2 amide bonds. The molecule has 0 fully saturated rings. The highest BCUT2D eigenvalue weighted by Gasteiger charge is 2.30. The number of amides is 2. The molecule has 5 nitrogen and oxygen atoms in total. The van der Waals surface area contributed by atoms with E-state index in [1.807, 2.05) is 30.3 Å². The van der Waals surface area contributed by atoms with Crippen molar-refractivity contribution in [3.8, 4) is 0 Å². The quantitative estimate of drug-likeness (QED) is 0.366. The lowest BCUT2D eigenvalue weighted by Crippen LogP contribution is -2.51. The van der Waals surface area contributed by atoms with E-state index < -0.39 is 6.04 Å². The van der Waals surface area contributed by atoms with Crippen molar-refractivity contribution in [1.82, 2.24) is 10.2 Å². The van der Waals surface area contributed by atoms with E-state index in [-0.39, 0.29) is 30.6 Å². The number of benzene rings is 3. The summed E-state index contributed by atoms with van der Waals surface area (Å²) in [5.41, 5.74) is 2.47. The predicted octanol–water partition coefficient (Wildman–Crippen LogP) is 4.81. The number of hydrogen-bond donors (Lipinski definition) is 1. The van der Waals surface area contributed by atoms with Gasteiger partial charge in [-0.1, -0.05) is 66.2 Å². The molecule has 0 aliphatic rings. The first-order valence-electron chi connectivity index (χ1n) is 11.5. The number of hydrogen-bond acceptors (Lipinski definition) is 3. The number of halogens is 2. The highest BCUT2D eigenvalue weighted by molar-refractivity contribution is 6.30. The molecule has 1 atom stereocenters. The minimum Gasteiger partial charge on any atom is -0.385 e. The molecular weight excluding hydrogens is 467 g/mol. The highest BCUT2D eigenvalue weighted by atomic mass is 35.5. The minimum atomic E-state index is -0.746. The largest absolute Gasteiger partial charge is 0.385 e. The molecule has 0 aliphatic heterocycles. The van der Waals surface area contributed by atoms with Crippen molar-refractivity contribution in [3.63, 3.8) is 0 Å². The molecule has 0 bridgehead atoms. The van der Waals surface area contributed by atoms with E-state index in [1.165, 1.54) is 12.1 Å². The summed E-state index contributed by atoms with van der Waals surface area (Å²) in [5.74, 6) is -0.800. The van der Waals surface area contributed by atoms with Crippen LogP contribution >= 0.6 is 11.6 Å². The van der Waals surface area contributed by atoms with E-state index >= 15 is 0 Å². The Balaban J connectivity index is 1.90. The molecular formula is C28H30ClFN2O3. The van der Waals surface area contributed by atoms with Crippen molar-refractivity contribution in [2.24, 2.45) is 0 Å². The maximum atomic E-state index is 13.6. The number of rotatable bonds is 12. The van der Waals surface area contributed by atoms with E-state index in [0.29, 0.717) is 31.0 Å². The lowest BCUT2D eigenvalue weighted by atomic mass is 10.0. The molecule has 3 aromatic carbocycles. The molecule has 184 valence electrons. The van der Waals surface area contributed by atoms with Gasteiger partial charge in [0.15, 0.2) is 0 Å². The van der Waals surface area contributed by atoms with E-state index in [2.05, 4.69) is 5.32 Å². The average molecular weight is 497 g/mol. The first-order chi connectivity index (χ1) is 17.0. The van der Waals surface area contributed by atoms with E-state index in [0.717, 1.165) is 16.7 Å². The van der Waals surface area contributed by atoms with Crippen LogP contribution in [0.25, 0.3) is 0 Å². The Kier molecular flexibility index (Phi) is 10.3. The van der Waals surface area contributed by atoms with Gasteiger partial charge >= 0.3 is 0 Å². The van der Waals surface area contributed by atoms with Gasteiger partial charge in [0, 0.05) is 38.2 Å². The smallest absolute Gasteiger partial charge is 0.243 e. The maximum Gasteiger partial charge on any atom is 0.243 e. The summed E-state index contributed by atoms with van der Waals surface area (Å²) in [6, 6.07) is 21.9. The molecule has 3 aromatic rings. The summed E-state index contributed by atoms with van der Waals surface area (Å²) >= 11 is 6.00. The topological polar surface area (TPSA) is 58.6 Å². The van der Waals surface area contributed by atoms with Crippen LogP contribution in [-0.2, 0) is 33.7 Å². The van der Waals surface area contributed by atoms with Crippen molar-refractivity contribution < 1.29 is 18.7 Å². The third-order valence-electron chi connectivity index (χ3n) is 5.63. The van der Waals surface area contributed by atoms with Gasteiger partial charge in [-0.15, -0.1) is 0 Å². The van der Waals surface area contributed by atoms with Crippen LogP contribution in [0.2, 0.25) is 5.02 Å². The molecule has 0 aliphatic carbocycles.